The van der Waals surface area contributed by atoms with E-state index >= 15 is 0 Å². The van der Waals surface area contributed by atoms with E-state index in [-0.39, 0.29) is 70.3 Å². The summed E-state index contributed by atoms with van der Waals surface area (Å²) in [4.78, 5) is 10.3. The van der Waals surface area contributed by atoms with E-state index in [1.165, 1.54) is 64.2 Å². The summed E-state index contributed by atoms with van der Waals surface area (Å²) in [6.45, 7) is 2.25. The Morgan fingerprint density at radius 3 is 1.44 bits per heavy atom. The first-order chi connectivity index (χ1) is 8.27. The standard InChI is InChI=1S/C15H30O2.Cs.H/c1-2-3-4-5-6-7-8-9-10-11-12-13-14-15(16)17;;/h2-14H2,1H3,(H,16,17);;/q;+1;-1. The summed E-state index contributed by atoms with van der Waals surface area (Å²) in [6, 6.07) is 0. The van der Waals surface area contributed by atoms with E-state index in [9.17, 15) is 4.79 Å². The Bertz CT molecular complexity index is 178. The number of rotatable bonds is 13. The van der Waals surface area contributed by atoms with Gasteiger partial charge in [0, 0.05) is 6.42 Å². The Labute approximate surface area is 174 Å². The van der Waals surface area contributed by atoms with E-state index in [1.807, 2.05) is 0 Å². The van der Waals surface area contributed by atoms with Gasteiger partial charge in [0.15, 0.2) is 0 Å². The second kappa shape index (κ2) is 18.5. The molecule has 1 N–H and O–H groups in total. The Morgan fingerprint density at radius 2 is 1.11 bits per heavy atom. The fourth-order valence-corrected chi connectivity index (χ4v) is 2.12. The van der Waals surface area contributed by atoms with Crippen LogP contribution < -0.4 is 68.9 Å². The van der Waals surface area contributed by atoms with Gasteiger partial charge in [-0.25, -0.2) is 0 Å². The van der Waals surface area contributed by atoms with Gasteiger partial charge in [-0.2, -0.15) is 0 Å². The molecule has 0 heterocycles. The molecule has 0 fully saturated rings. The molecular formula is C15H31CsO2. The van der Waals surface area contributed by atoms with E-state index in [4.69, 9.17) is 5.11 Å². The Hall–Kier alpha value is 1.52. The van der Waals surface area contributed by atoms with Gasteiger partial charge >= 0.3 is 74.9 Å². The zero-order chi connectivity index (χ0) is 12.8. The predicted octanol–water partition coefficient (Wildman–Crippen LogP) is 2.28. The number of carbonyl (C=O) groups is 1. The molecule has 0 aliphatic heterocycles. The van der Waals surface area contributed by atoms with Crippen LogP contribution in [0.2, 0.25) is 0 Å². The second-order valence-corrected chi connectivity index (χ2v) is 5.03. The van der Waals surface area contributed by atoms with E-state index in [1.54, 1.807) is 0 Å². The molecule has 0 saturated heterocycles. The van der Waals surface area contributed by atoms with Crippen LogP contribution in [0.5, 0.6) is 0 Å². The molecule has 0 spiro atoms. The van der Waals surface area contributed by atoms with Crippen molar-refractivity contribution in [1.29, 1.82) is 0 Å². The predicted molar refractivity (Wildman–Crippen MR) is 74.4 cm³/mol. The summed E-state index contributed by atoms with van der Waals surface area (Å²) >= 11 is 0. The van der Waals surface area contributed by atoms with Gasteiger partial charge in [-0.3, -0.25) is 4.79 Å². The summed E-state index contributed by atoms with van der Waals surface area (Å²) in [6.07, 6.45) is 15.8. The van der Waals surface area contributed by atoms with Crippen molar-refractivity contribution in [2.24, 2.45) is 0 Å². The molecule has 104 valence electrons. The van der Waals surface area contributed by atoms with Crippen molar-refractivity contribution in [3.05, 3.63) is 0 Å². The molecule has 0 aromatic carbocycles. The maximum atomic E-state index is 10.3. The molecule has 2 nitrogen and oxygen atoms in total. The van der Waals surface area contributed by atoms with Gasteiger partial charge in [0.25, 0.3) is 0 Å². The zero-order valence-electron chi connectivity index (χ0n) is 13.5. The molecule has 0 aromatic rings. The minimum atomic E-state index is -0.655. The fraction of sp³-hybridized carbons (Fsp3) is 0.933. The molecule has 0 bridgehead atoms. The third kappa shape index (κ3) is 19.9. The van der Waals surface area contributed by atoms with Crippen LogP contribution in [0.3, 0.4) is 0 Å². The van der Waals surface area contributed by atoms with Crippen molar-refractivity contribution in [2.45, 2.75) is 90.4 Å². The molecule has 0 amide bonds. The van der Waals surface area contributed by atoms with Crippen molar-refractivity contribution < 1.29 is 80.2 Å². The normalized spacial score (nSPS) is 10.1. The molecular weight excluding hydrogens is 345 g/mol. The van der Waals surface area contributed by atoms with Gasteiger partial charge in [-0.05, 0) is 6.42 Å². The molecule has 0 aliphatic rings. The second-order valence-electron chi connectivity index (χ2n) is 5.03. The first-order valence-electron chi connectivity index (χ1n) is 7.49. The van der Waals surface area contributed by atoms with Gasteiger partial charge in [0.2, 0.25) is 0 Å². The van der Waals surface area contributed by atoms with Crippen molar-refractivity contribution >= 4 is 5.97 Å². The van der Waals surface area contributed by atoms with E-state index in [2.05, 4.69) is 6.92 Å². The smallest absolute Gasteiger partial charge is 1.00 e. The summed E-state index contributed by atoms with van der Waals surface area (Å²) in [5.41, 5.74) is 0. The van der Waals surface area contributed by atoms with Crippen LogP contribution in [-0.2, 0) is 4.79 Å². The van der Waals surface area contributed by atoms with Gasteiger partial charge in [0.1, 0.15) is 0 Å². The fourth-order valence-electron chi connectivity index (χ4n) is 2.12. The monoisotopic (exact) mass is 376 g/mol. The number of hydrogen-bond donors (Lipinski definition) is 1. The van der Waals surface area contributed by atoms with Crippen LogP contribution in [0, 0.1) is 0 Å². The molecule has 18 heavy (non-hydrogen) atoms. The Balaban J connectivity index is -0.00000128. The van der Waals surface area contributed by atoms with E-state index < -0.39 is 5.97 Å². The third-order valence-electron chi connectivity index (χ3n) is 3.24. The van der Waals surface area contributed by atoms with Gasteiger partial charge < -0.3 is 6.53 Å². The quantitative estimate of drug-likeness (QED) is 0.501. The molecule has 0 aliphatic carbocycles. The summed E-state index contributed by atoms with van der Waals surface area (Å²) in [7, 11) is 0. The summed E-state index contributed by atoms with van der Waals surface area (Å²) in [5, 5.41) is 8.47. The molecule has 3 heteroatoms. The molecule has 0 saturated carbocycles. The van der Waals surface area contributed by atoms with Crippen molar-refractivity contribution in [3.63, 3.8) is 0 Å². The number of unbranched alkanes of at least 4 members (excludes halogenated alkanes) is 11. The van der Waals surface area contributed by atoms with E-state index in [0.29, 0.717) is 6.42 Å². The minimum absolute atomic E-state index is 0. The van der Waals surface area contributed by atoms with Gasteiger partial charge in [-0.15, -0.1) is 0 Å². The first-order valence-corrected chi connectivity index (χ1v) is 7.49. The zero-order valence-corrected chi connectivity index (χ0v) is 18.8. The number of hydrogen-bond acceptors (Lipinski definition) is 1. The van der Waals surface area contributed by atoms with Gasteiger partial charge in [-0.1, -0.05) is 77.6 Å². The van der Waals surface area contributed by atoms with Crippen LogP contribution in [0.4, 0.5) is 0 Å². The maximum Gasteiger partial charge on any atom is 1.00 e. The van der Waals surface area contributed by atoms with Crippen LogP contribution in [0.15, 0.2) is 0 Å². The number of carboxylic acids is 1. The van der Waals surface area contributed by atoms with Crippen LogP contribution in [0.1, 0.15) is 91.8 Å². The third-order valence-corrected chi connectivity index (χ3v) is 3.24. The van der Waals surface area contributed by atoms with E-state index in [0.717, 1.165) is 12.8 Å². The Kier molecular flexibility index (Phi) is 22.4. The van der Waals surface area contributed by atoms with Crippen LogP contribution >= 0.6 is 0 Å². The van der Waals surface area contributed by atoms with Crippen molar-refractivity contribution in [2.75, 3.05) is 0 Å². The van der Waals surface area contributed by atoms with Crippen LogP contribution in [-0.4, -0.2) is 11.1 Å². The molecule has 0 radical (unpaired) electrons. The maximum absolute atomic E-state index is 10.3. The molecule has 0 atom stereocenters. The van der Waals surface area contributed by atoms with Crippen molar-refractivity contribution in [3.8, 4) is 0 Å². The summed E-state index contributed by atoms with van der Waals surface area (Å²) in [5.74, 6) is -0.655. The SMILES string of the molecule is CCCCCCCCCCCCCCC(=O)O.[Cs+].[H-]. The first kappa shape index (κ1) is 21.8. The topological polar surface area (TPSA) is 37.3 Å². The largest absolute Gasteiger partial charge is 1.00 e. The molecule has 0 aromatic heterocycles. The van der Waals surface area contributed by atoms with Gasteiger partial charge in [0.05, 0.1) is 0 Å². The Morgan fingerprint density at radius 1 is 0.778 bits per heavy atom. The summed E-state index contributed by atoms with van der Waals surface area (Å²) < 4.78 is 0. The minimum Gasteiger partial charge on any atom is -1.00 e. The average molecular weight is 376 g/mol. The van der Waals surface area contributed by atoms with Crippen molar-refractivity contribution in [1.82, 2.24) is 0 Å². The van der Waals surface area contributed by atoms with Crippen LogP contribution in [0.25, 0.3) is 0 Å². The number of carboxylic acid groups (broad SMARTS) is 1. The average Bonchev–Trinajstić information content (AvgIpc) is 2.30. The molecule has 0 rings (SSSR count). The molecule has 0 unspecified atom stereocenters. The number of aliphatic carboxylic acids is 1.